The second-order valence-electron chi connectivity index (χ2n) is 6.04. The number of hydrogen-bond donors (Lipinski definition) is 1. The summed E-state index contributed by atoms with van der Waals surface area (Å²) in [6, 6.07) is 11.3. The molecule has 1 N–H and O–H groups in total. The van der Waals surface area contributed by atoms with Gasteiger partial charge in [0.15, 0.2) is 0 Å². The van der Waals surface area contributed by atoms with E-state index in [1.54, 1.807) is 22.6 Å². The smallest absolute Gasteiger partial charge is 0.245 e. The second-order valence-corrected chi connectivity index (χ2v) is 7.93. The monoisotopic (exact) mass is 341 g/mol. The minimum absolute atomic E-state index is 0.175. The Bertz CT molecular complexity index is 980. The van der Waals surface area contributed by atoms with Crippen LogP contribution in [-0.2, 0) is 16.4 Å². The molecule has 1 aliphatic rings. The van der Waals surface area contributed by atoms with Crippen LogP contribution in [0.3, 0.4) is 0 Å². The van der Waals surface area contributed by atoms with Crippen LogP contribution in [0.5, 0.6) is 0 Å². The molecule has 1 unspecified atom stereocenters. The van der Waals surface area contributed by atoms with E-state index in [1.165, 1.54) is 17.1 Å². The van der Waals surface area contributed by atoms with Gasteiger partial charge in [-0.25, -0.2) is 8.42 Å². The van der Waals surface area contributed by atoms with Crippen molar-refractivity contribution in [1.29, 1.82) is 0 Å². The Kier molecular flexibility index (Phi) is 3.66. The van der Waals surface area contributed by atoms with Crippen molar-refractivity contribution in [2.75, 3.05) is 6.54 Å². The van der Waals surface area contributed by atoms with Gasteiger partial charge in [-0.15, -0.1) is 0 Å². The average molecular weight is 341 g/mol. The lowest BCUT2D eigenvalue weighted by Gasteiger charge is -2.34. The fourth-order valence-electron chi connectivity index (χ4n) is 3.63. The molecule has 0 spiro atoms. The standard InChI is InChI=1S/C18H19N3O2S/c1-2-17-18-15(14-7-3-4-8-16(14)20-18)9-11-21(17)24(22,23)13-6-5-10-19-12-13/h3-8,10,12,17,20H,2,9,11H2,1H3. The van der Waals surface area contributed by atoms with Crippen LogP contribution in [0.4, 0.5) is 0 Å². The molecule has 1 aromatic carbocycles. The molecule has 24 heavy (non-hydrogen) atoms. The maximum absolute atomic E-state index is 13.1. The van der Waals surface area contributed by atoms with E-state index in [0.717, 1.165) is 24.1 Å². The number of fused-ring (bicyclic) bond motifs is 3. The van der Waals surface area contributed by atoms with Crippen molar-refractivity contribution in [3.05, 3.63) is 60.0 Å². The number of nitrogens with one attached hydrogen (secondary N) is 1. The molecular formula is C18H19N3O2S. The third-order valence-electron chi connectivity index (χ3n) is 4.74. The van der Waals surface area contributed by atoms with Crippen molar-refractivity contribution in [3.8, 4) is 0 Å². The van der Waals surface area contributed by atoms with Crippen LogP contribution in [0.1, 0.15) is 30.6 Å². The van der Waals surface area contributed by atoms with E-state index in [-0.39, 0.29) is 10.9 Å². The topological polar surface area (TPSA) is 66.1 Å². The number of nitrogens with zero attached hydrogens (tertiary/aromatic N) is 2. The highest BCUT2D eigenvalue weighted by Crippen LogP contribution is 2.38. The molecule has 124 valence electrons. The number of rotatable bonds is 3. The molecule has 1 aliphatic heterocycles. The van der Waals surface area contributed by atoms with Crippen molar-refractivity contribution >= 4 is 20.9 Å². The summed E-state index contributed by atoms with van der Waals surface area (Å²) in [6.07, 6.45) is 4.44. The zero-order valence-electron chi connectivity index (χ0n) is 13.4. The van der Waals surface area contributed by atoms with E-state index in [2.05, 4.69) is 16.0 Å². The Hall–Kier alpha value is -2.18. The lowest BCUT2D eigenvalue weighted by molar-refractivity contribution is 0.297. The van der Waals surface area contributed by atoms with Gasteiger partial charge in [-0.1, -0.05) is 25.1 Å². The summed E-state index contributed by atoms with van der Waals surface area (Å²) in [4.78, 5) is 7.66. The van der Waals surface area contributed by atoms with Crippen molar-refractivity contribution in [2.45, 2.75) is 30.7 Å². The number of aromatic amines is 1. The third kappa shape index (κ3) is 2.25. The van der Waals surface area contributed by atoms with Gasteiger partial charge >= 0.3 is 0 Å². The Balaban J connectivity index is 1.82. The average Bonchev–Trinajstić information content (AvgIpc) is 3.00. The van der Waals surface area contributed by atoms with Crippen LogP contribution >= 0.6 is 0 Å². The molecule has 2 aromatic heterocycles. The molecule has 0 saturated heterocycles. The van der Waals surface area contributed by atoms with Crippen LogP contribution in [-0.4, -0.2) is 29.2 Å². The van der Waals surface area contributed by atoms with E-state index in [1.807, 2.05) is 25.1 Å². The molecule has 0 bridgehead atoms. The van der Waals surface area contributed by atoms with E-state index in [0.29, 0.717) is 6.54 Å². The Labute approximate surface area is 141 Å². The predicted molar refractivity (Wildman–Crippen MR) is 93.2 cm³/mol. The summed E-state index contributed by atoms with van der Waals surface area (Å²) in [5.74, 6) is 0. The summed E-state index contributed by atoms with van der Waals surface area (Å²) in [5.41, 5.74) is 3.34. The maximum Gasteiger partial charge on any atom is 0.245 e. The molecule has 0 fully saturated rings. The van der Waals surface area contributed by atoms with E-state index < -0.39 is 10.0 Å². The van der Waals surface area contributed by atoms with Crippen molar-refractivity contribution < 1.29 is 8.42 Å². The van der Waals surface area contributed by atoms with Gasteiger partial charge in [0.1, 0.15) is 4.90 Å². The van der Waals surface area contributed by atoms with Crippen molar-refractivity contribution in [3.63, 3.8) is 0 Å². The molecule has 3 aromatic rings. The summed E-state index contributed by atoms with van der Waals surface area (Å²) in [6.45, 7) is 2.52. The van der Waals surface area contributed by atoms with Gasteiger partial charge in [-0.3, -0.25) is 4.98 Å². The number of sulfonamides is 1. The Morgan fingerprint density at radius 1 is 1.25 bits per heavy atom. The minimum Gasteiger partial charge on any atom is -0.357 e. The van der Waals surface area contributed by atoms with Gasteiger partial charge in [0.2, 0.25) is 10.0 Å². The van der Waals surface area contributed by atoms with E-state index in [4.69, 9.17) is 0 Å². The second kappa shape index (κ2) is 5.72. The van der Waals surface area contributed by atoms with Gasteiger partial charge in [0.25, 0.3) is 0 Å². The molecule has 0 radical (unpaired) electrons. The van der Waals surface area contributed by atoms with Gasteiger partial charge in [0, 0.05) is 35.5 Å². The summed E-state index contributed by atoms with van der Waals surface area (Å²) in [5, 5.41) is 1.20. The van der Waals surface area contributed by atoms with Crippen LogP contribution < -0.4 is 0 Å². The SMILES string of the molecule is CCC1c2[nH]c3ccccc3c2CCN1S(=O)(=O)c1cccnc1. The largest absolute Gasteiger partial charge is 0.357 e. The number of para-hydroxylation sites is 1. The lowest BCUT2D eigenvalue weighted by atomic mass is 9.98. The molecule has 1 atom stereocenters. The lowest BCUT2D eigenvalue weighted by Crippen LogP contribution is -2.39. The normalized spacial score (nSPS) is 18.6. The number of H-pyrrole nitrogens is 1. The predicted octanol–water partition coefficient (Wildman–Crippen LogP) is 3.26. The number of hydrogen-bond acceptors (Lipinski definition) is 3. The Morgan fingerprint density at radius 3 is 2.83 bits per heavy atom. The minimum atomic E-state index is -3.55. The maximum atomic E-state index is 13.1. The summed E-state index contributed by atoms with van der Waals surface area (Å²) in [7, 11) is -3.55. The zero-order chi connectivity index (χ0) is 16.7. The molecular weight excluding hydrogens is 322 g/mol. The van der Waals surface area contributed by atoms with Gasteiger partial charge in [-0.2, -0.15) is 4.31 Å². The molecule has 3 heterocycles. The first-order valence-electron chi connectivity index (χ1n) is 8.14. The molecule has 0 aliphatic carbocycles. The van der Waals surface area contributed by atoms with Gasteiger partial charge in [0.05, 0.1) is 6.04 Å². The molecule has 6 heteroatoms. The van der Waals surface area contributed by atoms with Crippen LogP contribution in [0.15, 0.2) is 53.7 Å². The fourth-order valence-corrected chi connectivity index (χ4v) is 5.26. The first kappa shape index (κ1) is 15.4. The highest BCUT2D eigenvalue weighted by atomic mass is 32.2. The van der Waals surface area contributed by atoms with E-state index in [9.17, 15) is 8.42 Å². The highest BCUT2D eigenvalue weighted by molar-refractivity contribution is 7.89. The number of pyridine rings is 1. The molecule has 5 nitrogen and oxygen atoms in total. The van der Waals surface area contributed by atoms with Crippen LogP contribution in [0.2, 0.25) is 0 Å². The number of aromatic nitrogens is 2. The van der Waals surface area contributed by atoms with E-state index >= 15 is 0 Å². The van der Waals surface area contributed by atoms with Crippen LogP contribution in [0, 0.1) is 0 Å². The van der Waals surface area contributed by atoms with Crippen molar-refractivity contribution in [1.82, 2.24) is 14.3 Å². The first-order chi connectivity index (χ1) is 11.6. The first-order valence-corrected chi connectivity index (χ1v) is 9.58. The van der Waals surface area contributed by atoms with Gasteiger partial charge < -0.3 is 4.98 Å². The highest BCUT2D eigenvalue weighted by Gasteiger charge is 2.37. The Morgan fingerprint density at radius 2 is 2.08 bits per heavy atom. The van der Waals surface area contributed by atoms with Crippen LogP contribution in [0.25, 0.3) is 10.9 Å². The zero-order valence-corrected chi connectivity index (χ0v) is 14.3. The quantitative estimate of drug-likeness (QED) is 0.795. The van der Waals surface area contributed by atoms with Gasteiger partial charge in [-0.05, 0) is 36.6 Å². The fraction of sp³-hybridized carbons (Fsp3) is 0.278. The number of benzene rings is 1. The molecule has 0 amide bonds. The summed E-state index contributed by atoms with van der Waals surface area (Å²) < 4.78 is 27.7. The molecule has 4 rings (SSSR count). The van der Waals surface area contributed by atoms with Crippen molar-refractivity contribution in [2.24, 2.45) is 0 Å². The third-order valence-corrected chi connectivity index (χ3v) is 6.63. The molecule has 0 saturated carbocycles. The summed E-state index contributed by atoms with van der Waals surface area (Å²) >= 11 is 0.